The van der Waals surface area contributed by atoms with Crippen molar-refractivity contribution in [3.05, 3.63) is 42.0 Å². The van der Waals surface area contributed by atoms with Crippen molar-refractivity contribution in [3.63, 3.8) is 0 Å². The molecule has 1 nitrogen and oxygen atoms in total. The predicted molar refractivity (Wildman–Crippen MR) is 58.4 cm³/mol. The fourth-order valence-corrected chi connectivity index (χ4v) is 1.11. The summed E-state index contributed by atoms with van der Waals surface area (Å²) in [6.07, 6.45) is 6.27. The molecule has 0 saturated carbocycles. The first-order valence-electron chi connectivity index (χ1n) is 4.80. The standard InChI is InChI=1S/C12H17N/c1-2-12(13)10-6-9-11-7-4-3-5-8-11/h3-9,12H,2,10,13H2,1H3/b9-6+. The molecule has 0 heterocycles. The van der Waals surface area contributed by atoms with E-state index in [0.29, 0.717) is 6.04 Å². The van der Waals surface area contributed by atoms with Gasteiger partial charge in [0.1, 0.15) is 0 Å². The average Bonchev–Trinajstić information content (AvgIpc) is 2.19. The Morgan fingerprint density at radius 3 is 2.62 bits per heavy atom. The summed E-state index contributed by atoms with van der Waals surface area (Å²) in [6, 6.07) is 10.6. The van der Waals surface area contributed by atoms with Gasteiger partial charge in [-0.05, 0) is 18.4 Å². The van der Waals surface area contributed by atoms with Crippen molar-refractivity contribution in [3.8, 4) is 0 Å². The van der Waals surface area contributed by atoms with Gasteiger partial charge in [0, 0.05) is 6.04 Å². The minimum Gasteiger partial charge on any atom is -0.327 e. The van der Waals surface area contributed by atoms with E-state index in [4.69, 9.17) is 5.73 Å². The number of hydrogen-bond acceptors (Lipinski definition) is 1. The molecule has 70 valence electrons. The van der Waals surface area contributed by atoms with E-state index >= 15 is 0 Å². The van der Waals surface area contributed by atoms with Gasteiger partial charge in [-0.25, -0.2) is 0 Å². The first-order valence-corrected chi connectivity index (χ1v) is 4.80. The van der Waals surface area contributed by atoms with Gasteiger partial charge in [-0.15, -0.1) is 0 Å². The van der Waals surface area contributed by atoms with Crippen LogP contribution in [0.4, 0.5) is 0 Å². The zero-order valence-electron chi connectivity index (χ0n) is 8.11. The summed E-state index contributed by atoms with van der Waals surface area (Å²) in [5.74, 6) is 0. The van der Waals surface area contributed by atoms with Crippen LogP contribution >= 0.6 is 0 Å². The number of benzene rings is 1. The van der Waals surface area contributed by atoms with E-state index in [-0.39, 0.29) is 0 Å². The molecule has 1 rings (SSSR count). The van der Waals surface area contributed by atoms with Crippen LogP contribution in [0.2, 0.25) is 0 Å². The lowest BCUT2D eigenvalue weighted by Crippen LogP contribution is -2.16. The van der Waals surface area contributed by atoms with E-state index in [1.807, 2.05) is 18.2 Å². The quantitative estimate of drug-likeness (QED) is 0.748. The Morgan fingerprint density at radius 2 is 2.00 bits per heavy atom. The molecule has 0 radical (unpaired) electrons. The lowest BCUT2D eigenvalue weighted by molar-refractivity contribution is 0.660. The predicted octanol–water partition coefficient (Wildman–Crippen LogP) is 2.83. The van der Waals surface area contributed by atoms with Gasteiger partial charge in [0.15, 0.2) is 0 Å². The van der Waals surface area contributed by atoms with Gasteiger partial charge < -0.3 is 5.73 Å². The Bertz CT molecular complexity index is 251. The van der Waals surface area contributed by atoms with E-state index in [2.05, 4.69) is 31.2 Å². The smallest absolute Gasteiger partial charge is 0.00709 e. The number of rotatable bonds is 4. The molecule has 0 saturated heterocycles. The van der Waals surface area contributed by atoms with Gasteiger partial charge in [0.25, 0.3) is 0 Å². The van der Waals surface area contributed by atoms with E-state index < -0.39 is 0 Å². The lowest BCUT2D eigenvalue weighted by Gasteiger charge is -2.02. The molecule has 1 aromatic rings. The van der Waals surface area contributed by atoms with Crippen molar-refractivity contribution in [1.29, 1.82) is 0 Å². The largest absolute Gasteiger partial charge is 0.327 e. The lowest BCUT2D eigenvalue weighted by atomic mass is 10.1. The van der Waals surface area contributed by atoms with Crippen LogP contribution < -0.4 is 5.73 Å². The van der Waals surface area contributed by atoms with E-state index in [0.717, 1.165) is 12.8 Å². The summed E-state index contributed by atoms with van der Waals surface area (Å²) in [5, 5.41) is 0. The van der Waals surface area contributed by atoms with Crippen molar-refractivity contribution >= 4 is 6.08 Å². The Hall–Kier alpha value is -1.08. The Kier molecular flexibility index (Phi) is 4.27. The summed E-state index contributed by atoms with van der Waals surface area (Å²) in [4.78, 5) is 0. The third-order valence-corrected chi connectivity index (χ3v) is 2.07. The van der Waals surface area contributed by atoms with Crippen LogP contribution in [0.1, 0.15) is 25.3 Å². The summed E-state index contributed by atoms with van der Waals surface area (Å²) >= 11 is 0. The van der Waals surface area contributed by atoms with Crippen molar-refractivity contribution in [1.82, 2.24) is 0 Å². The topological polar surface area (TPSA) is 26.0 Å². The van der Waals surface area contributed by atoms with Crippen LogP contribution in [0.15, 0.2) is 36.4 Å². The zero-order chi connectivity index (χ0) is 9.52. The normalized spacial score (nSPS) is 13.4. The van der Waals surface area contributed by atoms with Crippen molar-refractivity contribution in [2.24, 2.45) is 5.73 Å². The molecule has 1 atom stereocenters. The van der Waals surface area contributed by atoms with Crippen molar-refractivity contribution < 1.29 is 0 Å². The summed E-state index contributed by atoms with van der Waals surface area (Å²) in [5.41, 5.74) is 7.03. The zero-order valence-corrected chi connectivity index (χ0v) is 8.11. The van der Waals surface area contributed by atoms with Gasteiger partial charge in [-0.1, -0.05) is 49.4 Å². The molecule has 2 N–H and O–H groups in total. The second-order valence-electron chi connectivity index (χ2n) is 3.22. The van der Waals surface area contributed by atoms with Crippen LogP contribution in [0, 0.1) is 0 Å². The van der Waals surface area contributed by atoms with Crippen LogP contribution in [-0.4, -0.2) is 6.04 Å². The fourth-order valence-electron chi connectivity index (χ4n) is 1.11. The second-order valence-corrected chi connectivity index (χ2v) is 3.22. The summed E-state index contributed by atoms with van der Waals surface area (Å²) < 4.78 is 0. The van der Waals surface area contributed by atoms with Crippen molar-refractivity contribution in [2.75, 3.05) is 0 Å². The van der Waals surface area contributed by atoms with Gasteiger partial charge in [-0.2, -0.15) is 0 Å². The maximum absolute atomic E-state index is 5.79. The molecular weight excluding hydrogens is 158 g/mol. The van der Waals surface area contributed by atoms with Gasteiger partial charge in [-0.3, -0.25) is 0 Å². The molecule has 0 amide bonds. The minimum atomic E-state index is 0.306. The van der Waals surface area contributed by atoms with Crippen LogP contribution in [0.5, 0.6) is 0 Å². The molecule has 0 fully saturated rings. The van der Waals surface area contributed by atoms with Gasteiger partial charge in [0.05, 0.1) is 0 Å². The highest BCUT2D eigenvalue weighted by Gasteiger charge is 1.93. The maximum atomic E-state index is 5.79. The fraction of sp³-hybridized carbons (Fsp3) is 0.333. The molecule has 0 aromatic heterocycles. The minimum absolute atomic E-state index is 0.306. The molecule has 0 aliphatic carbocycles. The molecular formula is C12H17N. The molecule has 1 unspecified atom stereocenters. The van der Waals surface area contributed by atoms with E-state index in [1.54, 1.807) is 0 Å². The molecule has 0 aliphatic heterocycles. The molecule has 1 heteroatoms. The Balaban J connectivity index is 2.41. The average molecular weight is 175 g/mol. The molecule has 0 bridgehead atoms. The van der Waals surface area contributed by atoms with E-state index in [9.17, 15) is 0 Å². The number of nitrogens with two attached hydrogens (primary N) is 1. The van der Waals surface area contributed by atoms with Gasteiger partial charge >= 0.3 is 0 Å². The highest BCUT2D eigenvalue weighted by Crippen LogP contribution is 2.03. The first-order chi connectivity index (χ1) is 6.33. The SMILES string of the molecule is CCC(N)C/C=C/c1ccccc1. The molecule has 1 aromatic carbocycles. The van der Waals surface area contributed by atoms with Crippen LogP contribution in [0.3, 0.4) is 0 Å². The maximum Gasteiger partial charge on any atom is 0.00709 e. The Morgan fingerprint density at radius 1 is 1.31 bits per heavy atom. The highest BCUT2D eigenvalue weighted by atomic mass is 14.6. The Labute approximate surface area is 80.3 Å². The third-order valence-electron chi connectivity index (χ3n) is 2.07. The monoisotopic (exact) mass is 175 g/mol. The molecule has 0 aliphatic rings. The first kappa shape index (κ1) is 10.0. The van der Waals surface area contributed by atoms with Crippen molar-refractivity contribution in [2.45, 2.75) is 25.8 Å². The van der Waals surface area contributed by atoms with Crippen LogP contribution in [0.25, 0.3) is 6.08 Å². The highest BCUT2D eigenvalue weighted by molar-refractivity contribution is 5.48. The molecule has 13 heavy (non-hydrogen) atoms. The van der Waals surface area contributed by atoms with Gasteiger partial charge in [0.2, 0.25) is 0 Å². The molecule has 0 spiro atoms. The number of hydrogen-bond donors (Lipinski definition) is 1. The summed E-state index contributed by atoms with van der Waals surface area (Å²) in [6.45, 7) is 2.11. The third kappa shape index (κ3) is 3.90. The van der Waals surface area contributed by atoms with E-state index in [1.165, 1.54) is 5.56 Å². The second kappa shape index (κ2) is 5.55. The summed E-state index contributed by atoms with van der Waals surface area (Å²) in [7, 11) is 0. The van der Waals surface area contributed by atoms with Crippen LogP contribution in [-0.2, 0) is 0 Å².